The van der Waals surface area contributed by atoms with Gasteiger partial charge >= 0.3 is 0 Å². The van der Waals surface area contributed by atoms with Gasteiger partial charge in [0.1, 0.15) is 0 Å². The highest BCUT2D eigenvalue weighted by atomic mass is 35.5. The minimum atomic E-state index is -0.116. The molecule has 1 nitrogen and oxygen atoms in total. The second-order valence-corrected chi connectivity index (χ2v) is 4.24. The first-order chi connectivity index (χ1) is 6.79. The van der Waals surface area contributed by atoms with E-state index in [-0.39, 0.29) is 6.04 Å². The second-order valence-electron chi connectivity index (χ2n) is 3.06. The van der Waals surface area contributed by atoms with E-state index in [9.17, 15) is 0 Å². The molecule has 1 aromatic carbocycles. The van der Waals surface area contributed by atoms with Crippen LogP contribution in [0.4, 0.5) is 0 Å². The summed E-state index contributed by atoms with van der Waals surface area (Å²) in [5.74, 6) is 0. The summed E-state index contributed by atoms with van der Waals surface area (Å²) in [6.07, 6.45) is 0. The van der Waals surface area contributed by atoms with Crippen LogP contribution in [-0.2, 0) is 0 Å². The van der Waals surface area contributed by atoms with E-state index in [1.807, 2.05) is 41.1 Å². The van der Waals surface area contributed by atoms with Crippen LogP contribution in [0.25, 0.3) is 0 Å². The Morgan fingerprint density at radius 1 is 1.21 bits per heavy atom. The third-order valence-corrected chi connectivity index (χ3v) is 3.19. The third kappa shape index (κ3) is 1.82. The molecule has 0 unspecified atom stereocenters. The van der Waals surface area contributed by atoms with Crippen molar-refractivity contribution in [2.45, 2.75) is 6.04 Å². The van der Waals surface area contributed by atoms with Gasteiger partial charge in [-0.15, -0.1) is 0 Å². The van der Waals surface area contributed by atoms with E-state index >= 15 is 0 Å². The predicted octanol–water partition coefficient (Wildman–Crippen LogP) is 3.45. The van der Waals surface area contributed by atoms with Crippen LogP contribution in [0.5, 0.6) is 0 Å². The predicted molar refractivity (Wildman–Crippen MR) is 61.8 cm³/mol. The highest BCUT2D eigenvalue weighted by Gasteiger charge is 2.11. The van der Waals surface area contributed by atoms with Gasteiger partial charge in [-0.25, -0.2) is 0 Å². The van der Waals surface area contributed by atoms with Crippen LogP contribution in [-0.4, -0.2) is 0 Å². The Balaban J connectivity index is 2.37. The second kappa shape index (κ2) is 4.13. The summed E-state index contributed by atoms with van der Waals surface area (Å²) >= 11 is 7.70. The highest BCUT2D eigenvalue weighted by Crippen LogP contribution is 2.27. The smallest absolute Gasteiger partial charge is 0.0574 e. The van der Waals surface area contributed by atoms with Crippen molar-refractivity contribution in [2.24, 2.45) is 5.73 Å². The van der Waals surface area contributed by atoms with Gasteiger partial charge in [0.2, 0.25) is 0 Å². The first-order valence-electron chi connectivity index (χ1n) is 4.31. The van der Waals surface area contributed by atoms with Crippen molar-refractivity contribution >= 4 is 22.9 Å². The molecule has 0 saturated heterocycles. The molecule has 2 aromatic rings. The average molecular weight is 224 g/mol. The van der Waals surface area contributed by atoms with Gasteiger partial charge in [-0.2, -0.15) is 11.3 Å². The third-order valence-electron chi connectivity index (χ3n) is 2.14. The van der Waals surface area contributed by atoms with Crippen LogP contribution in [0, 0.1) is 0 Å². The van der Waals surface area contributed by atoms with Gasteiger partial charge in [0.05, 0.1) is 6.04 Å². The lowest BCUT2D eigenvalue weighted by Crippen LogP contribution is -2.11. The molecule has 0 spiro atoms. The number of benzene rings is 1. The maximum atomic E-state index is 6.08. The van der Waals surface area contributed by atoms with Gasteiger partial charge in [-0.05, 0) is 34.0 Å². The minimum Gasteiger partial charge on any atom is -0.320 e. The quantitative estimate of drug-likeness (QED) is 0.829. The summed E-state index contributed by atoms with van der Waals surface area (Å²) in [5.41, 5.74) is 8.18. The summed E-state index contributed by atoms with van der Waals surface area (Å²) in [6, 6.07) is 9.60. The molecule has 2 N–H and O–H groups in total. The summed E-state index contributed by atoms with van der Waals surface area (Å²) in [5, 5.41) is 4.80. The average Bonchev–Trinajstić information content (AvgIpc) is 2.70. The van der Waals surface area contributed by atoms with E-state index in [0.717, 1.165) is 16.1 Å². The van der Waals surface area contributed by atoms with E-state index in [1.54, 1.807) is 11.3 Å². The van der Waals surface area contributed by atoms with E-state index < -0.39 is 0 Å². The number of halogens is 1. The highest BCUT2D eigenvalue weighted by molar-refractivity contribution is 7.08. The Morgan fingerprint density at radius 3 is 2.64 bits per heavy atom. The summed E-state index contributed by atoms with van der Waals surface area (Å²) in [7, 11) is 0. The number of rotatable bonds is 2. The van der Waals surface area contributed by atoms with Crippen LogP contribution < -0.4 is 5.73 Å². The molecule has 0 saturated carbocycles. The van der Waals surface area contributed by atoms with E-state index in [1.165, 1.54) is 0 Å². The van der Waals surface area contributed by atoms with Crippen LogP contribution in [0.1, 0.15) is 17.2 Å². The first-order valence-corrected chi connectivity index (χ1v) is 5.63. The zero-order chi connectivity index (χ0) is 9.97. The van der Waals surface area contributed by atoms with Gasteiger partial charge in [0.15, 0.2) is 0 Å². The number of nitrogens with two attached hydrogens (primary N) is 1. The van der Waals surface area contributed by atoms with Crippen LogP contribution >= 0.6 is 22.9 Å². The number of hydrogen-bond acceptors (Lipinski definition) is 2. The molecule has 0 aliphatic heterocycles. The van der Waals surface area contributed by atoms with Crippen LogP contribution in [0.2, 0.25) is 5.02 Å². The molecule has 3 heteroatoms. The Labute approximate surface area is 92.1 Å². The fraction of sp³-hybridized carbons (Fsp3) is 0.0909. The van der Waals surface area contributed by atoms with Crippen molar-refractivity contribution in [2.75, 3.05) is 0 Å². The topological polar surface area (TPSA) is 26.0 Å². The fourth-order valence-electron chi connectivity index (χ4n) is 1.36. The lowest BCUT2D eigenvalue weighted by Gasteiger charge is -2.11. The Hall–Kier alpha value is -0.830. The monoisotopic (exact) mass is 223 g/mol. The lowest BCUT2D eigenvalue weighted by atomic mass is 10.0. The van der Waals surface area contributed by atoms with Gasteiger partial charge in [0, 0.05) is 5.02 Å². The molecule has 14 heavy (non-hydrogen) atoms. The van der Waals surface area contributed by atoms with Crippen molar-refractivity contribution in [1.82, 2.24) is 0 Å². The van der Waals surface area contributed by atoms with Crippen molar-refractivity contribution in [3.8, 4) is 0 Å². The number of thiophene rings is 1. The minimum absolute atomic E-state index is 0.116. The van der Waals surface area contributed by atoms with Crippen molar-refractivity contribution in [3.63, 3.8) is 0 Å². The van der Waals surface area contributed by atoms with Crippen LogP contribution in [0.3, 0.4) is 0 Å². The van der Waals surface area contributed by atoms with Gasteiger partial charge in [-0.1, -0.05) is 29.8 Å². The van der Waals surface area contributed by atoms with Crippen LogP contribution in [0.15, 0.2) is 41.1 Å². The molecule has 0 aliphatic rings. The van der Waals surface area contributed by atoms with Crippen molar-refractivity contribution in [3.05, 3.63) is 57.2 Å². The maximum Gasteiger partial charge on any atom is 0.0574 e. The normalized spacial score (nSPS) is 12.7. The molecule has 1 atom stereocenters. The molecular formula is C11H10ClNS. The van der Waals surface area contributed by atoms with E-state index in [0.29, 0.717) is 0 Å². The Kier molecular flexibility index (Phi) is 2.87. The van der Waals surface area contributed by atoms with Gasteiger partial charge in [-0.3, -0.25) is 0 Å². The molecule has 1 aromatic heterocycles. The standard InChI is InChI=1S/C11H10ClNS/c12-10-4-2-1-3-9(10)11(13)8-5-6-14-7-8/h1-7,11H,13H2/t11-/m1/s1. The zero-order valence-corrected chi connectivity index (χ0v) is 9.05. The SMILES string of the molecule is N[C@H](c1ccsc1)c1ccccc1Cl. The molecule has 2 rings (SSSR count). The summed E-state index contributed by atoms with van der Waals surface area (Å²) in [4.78, 5) is 0. The molecule has 0 bridgehead atoms. The molecule has 0 fully saturated rings. The molecule has 0 radical (unpaired) electrons. The van der Waals surface area contributed by atoms with Gasteiger partial charge in [0.25, 0.3) is 0 Å². The Bertz CT molecular complexity index is 411. The molecule has 0 amide bonds. The van der Waals surface area contributed by atoms with Crippen molar-refractivity contribution < 1.29 is 0 Å². The van der Waals surface area contributed by atoms with Gasteiger partial charge < -0.3 is 5.73 Å². The lowest BCUT2D eigenvalue weighted by molar-refractivity contribution is 0.877. The summed E-state index contributed by atoms with van der Waals surface area (Å²) < 4.78 is 0. The number of hydrogen-bond donors (Lipinski definition) is 1. The van der Waals surface area contributed by atoms with Crippen molar-refractivity contribution in [1.29, 1.82) is 0 Å². The largest absolute Gasteiger partial charge is 0.320 e. The Morgan fingerprint density at radius 2 is 2.00 bits per heavy atom. The maximum absolute atomic E-state index is 6.08. The fourth-order valence-corrected chi connectivity index (χ4v) is 2.31. The molecule has 72 valence electrons. The van der Waals surface area contributed by atoms with E-state index in [4.69, 9.17) is 17.3 Å². The molecule has 1 heterocycles. The van der Waals surface area contributed by atoms with E-state index in [2.05, 4.69) is 0 Å². The summed E-state index contributed by atoms with van der Waals surface area (Å²) in [6.45, 7) is 0. The molecule has 0 aliphatic carbocycles. The zero-order valence-electron chi connectivity index (χ0n) is 7.48. The molecular weight excluding hydrogens is 214 g/mol. The first kappa shape index (κ1) is 9.71.